The molecule has 2 heterocycles. The summed E-state index contributed by atoms with van der Waals surface area (Å²) in [7, 11) is 2.87. The van der Waals surface area contributed by atoms with Crippen LogP contribution in [0.25, 0.3) is 22.5 Å². The van der Waals surface area contributed by atoms with Crippen molar-refractivity contribution >= 4 is 0 Å². The summed E-state index contributed by atoms with van der Waals surface area (Å²) in [6.45, 7) is 0.157. The Bertz CT molecular complexity index is 1490. The second-order valence-corrected chi connectivity index (χ2v) is 9.12. The highest BCUT2D eigenvalue weighted by Gasteiger charge is 2.57. The summed E-state index contributed by atoms with van der Waals surface area (Å²) in [5.74, 6) is -0.863. The van der Waals surface area contributed by atoms with Gasteiger partial charge in [-0.1, -0.05) is 5.21 Å². The summed E-state index contributed by atoms with van der Waals surface area (Å²) < 4.78 is 83.5. The highest BCUT2D eigenvalue weighted by Crippen LogP contribution is 2.41. The van der Waals surface area contributed by atoms with E-state index in [2.05, 4.69) is 15.3 Å². The van der Waals surface area contributed by atoms with Crippen molar-refractivity contribution in [3.8, 4) is 34.0 Å². The second kappa shape index (κ2) is 11.2. The number of pyridine rings is 1. The van der Waals surface area contributed by atoms with Crippen LogP contribution in [0.15, 0.2) is 54.7 Å². The first-order valence-electron chi connectivity index (χ1n) is 11.9. The van der Waals surface area contributed by atoms with Crippen LogP contribution in [0.3, 0.4) is 0 Å². The normalized spacial score (nSPS) is 14.1. The van der Waals surface area contributed by atoms with Crippen molar-refractivity contribution in [3.63, 3.8) is 0 Å². The van der Waals surface area contributed by atoms with Gasteiger partial charge in [-0.15, -0.1) is 5.10 Å². The van der Waals surface area contributed by atoms with Gasteiger partial charge in [0.15, 0.2) is 17.3 Å². The molecule has 0 spiro atoms. The number of nitrogens with zero attached hydrogens (tertiary/aromatic N) is 4. The van der Waals surface area contributed by atoms with E-state index in [1.54, 1.807) is 18.2 Å². The monoisotopic (exact) mass is 564 g/mol. The number of alkyl halides is 3. The third-order valence-electron chi connectivity index (χ3n) is 6.17. The van der Waals surface area contributed by atoms with Gasteiger partial charge in [-0.3, -0.25) is 0 Å². The van der Waals surface area contributed by atoms with Crippen LogP contribution in [0.2, 0.25) is 0 Å². The number of rotatable bonds is 9. The Labute approximate surface area is 225 Å². The van der Waals surface area contributed by atoms with E-state index in [0.29, 0.717) is 17.1 Å². The Balaban J connectivity index is 1.80. The minimum absolute atomic E-state index is 0.0198. The molecule has 1 unspecified atom stereocenters. The van der Waals surface area contributed by atoms with Crippen LogP contribution >= 0.6 is 0 Å². The number of aromatic nitrogens is 4. The fourth-order valence-corrected chi connectivity index (χ4v) is 4.11. The predicted molar refractivity (Wildman–Crippen MR) is 133 cm³/mol. The third kappa shape index (κ3) is 5.75. The first-order chi connectivity index (χ1) is 18.9. The van der Waals surface area contributed by atoms with Gasteiger partial charge >= 0.3 is 6.18 Å². The molecule has 0 aliphatic carbocycles. The Hall–Kier alpha value is -4.10. The maximum Gasteiger partial charge on any atom is 0.424 e. The molecule has 0 aliphatic heterocycles. The van der Waals surface area contributed by atoms with Crippen molar-refractivity contribution in [2.45, 2.75) is 37.8 Å². The van der Waals surface area contributed by atoms with Crippen LogP contribution in [0.1, 0.15) is 18.2 Å². The Morgan fingerprint density at radius 2 is 1.60 bits per heavy atom. The Morgan fingerprint density at radius 1 is 0.950 bits per heavy atom. The minimum Gasteiger partial charge on any atom is -0.493 e. The van der Waals surface area contributed by atoms with E-state index in [1.807, 2.05) is 0 Å². The molecule has 0 saturated carbocycles. The minimum atomic E-state index is -5.30. The fraction of sp³-hybridized carbons (Fsp3) is 0.296. The SMILES string of the molecule is COc1ccc(-c2cn(C[C@](O)(c3cc(CC(C)O)c(F)c(-c4ccc(F)cc4)n3)C(F)(F)F)nn2)cc1OC. The van der Waals surface area contributed by atoms with E-state index in [1.165, 1.54) is 27.3 Å². The van der Waals surface area contributed by atoms with Gasteiger partial charge in [0, 0.05) is 17.5 Å². The van der Waals surface area contributed by atoms with Crippen LogP contribution in [-0.2, 0) is 18.6 Å². The van der Waals surface area contributed by atoms with E-state index < -0.39 is 47.4 Å². The fourth-order valence-electron chi connectivity index (χ4n) is 4.11. The number of methoxy groups -OCH3 is 2. The van der Waals surface area contributed by atoms with Crippen molar-refractivity contribution in [3.05, 3.63) is 77.6 Å². The first kappa shape index (κ1) is 28.9. The molecule has 0 bridgehead atoms. The molecule has 4 aromatic rings. The van der Waals surface area contributed by atoms with E-state index in [0.717, 1.165) is 35.0 Å². The molecule has 2 aromatic heterocycles. The van der Waals surface area contributed by atoms with Gasteiger partial charge in [-0.05, 0) is 61.0 Å². The number of aliphatic hydroxyl groups excluding tert-OH is 1. The zero-order valence-electron chi connectivity index (χ0n) is 21.6. The molecule has 0 amide bonds. The molecule has 2 atom stereocenters. The molecule has 13 heteroatoms. The summed E-state index contributed by atoms with van der Waals surface area (Å²) in [5, 5.41) is 28.6. The van der Waals surface area contributed by atoms with Crippen LogP contribution in [0, 0.1) is 11.6 Å². The van der Waals surface area contributed by atoms with Crippen molar-refractivity contribution in [1.29, 1.82) is 0 Å². The summed E-state index contributed by atoms with van der Waals surface area (Å²) in [4.78, 5) is 3.84. The zero-order chi connectivity index (χ0) is 29.2. The van der Waals surface area contributed by atoms with E-state index in [-0.39, 0.29) is 23.2 Å². The molecule has 2 N–H and O–H groups in total. The molecular formula is C27H25F5N4O4. The second-order valence-electron chi connectivity index (χ2n) is 9.12. The molecule has 4 rings (SSSR count). The highest BCUT2D eigenvalue weighted by atomic mass is 19.4. The number of hydrogen-bond acceptors (Lipinski definition) is 7. The van der Waals surface area contributed by atoms with Gasteiger partial charge in [0.1, 0.15) is 17.2 Å². The number of halogens is 5. The predicted octanol–water partition coefficient (Wildman–Crippen LogP) is 4.68. The van der Waals surface area contributed by atoms with Gasteiger partial charge in [0.05, 0.1) is 38.8 Å². The molecule has 0 radical (unpaired) electrons. The molecule has 212 valence electrons. The number of benzene rings is 2. The van der Waals surface area contributed by atoms with E-state index in [4.69, 9.17) is 9.47 Å². The maximum atomic E-state index is 15.3. The average molecular weight is 565 g/mol. The van der Waals surface area contributed by atoms with E-state index in [9.17, 15) is 27.8 Å². The number of aliphatic hydroxyl groups is 2. The van der Waals surface area contributed by atoms with Crippen molar-refractivity contribution in [2.24, 2.45) is 0 Å². The zero-order valence-corrected chi connectivity index (χ0v) is 21.6. The van der Waals surface area contributed by atoms with Crippen LogP contribution in [0.4, 0.5) is 22.0 Å². The van der Waals surface area contributed by atoms with Crippen LogP contribution in [0.5, 0.6) is 11.5 Å². The molecular weight excluding hydrogens is 539 g/mol. The van der Waals surface area contributed by atoms with Crippen molar-refractivity contribution < 1.29 is 41.6 Å². The molecule has 0 aliphatic rings. The quantitative estimate of drug-likeness (QED) is 0.285. The van der Waals surface area contributed by atoms with Crippen LogP contribution < -0.4 is 9.47 Å². The summed E-state index contributed by atoms with van der Waals surface area (Å²) in [6.07, 6.45) is -5.59. The maximum absolute atomic E-state index is 15.3. The van der Waals surface area contributed by atoms with Crippen LogP contribution in [-0.4, -0.2) is 56.7 Å². The molecule has 8 nitrogen and oxygen atoms in total. The first-order valence-corrected chi connectivity index (χ1v) is 11.9. The van der Waals surface area contributed by atoms with Crippen molar-refractivity contribution in [1.82, 2.24) is 20.0 Å². The van der Waals surface area contributed by atoms with Crippen molar-refractivity contribution in [2.75, 3.05) is 14.2 Å². The van der Waals surface area contributed by atoms with Gasteiger partial charge in [-0.25, -0.2) is 18.4 Å². The average Bonchev–Trinajstić information content (AvgIpc) is 3.37. The standard InChI is InChI=1S/C27H25F5N4O4/c1-15(37)10-18-12-23(33-25(24(18)29)16-4-7-19(28)8-5-16)26(38,27(30,31)32)14-36-13-20(34-35-36)17-6-9-21(39-2)22(11-17)40-3/h4-9,11-13,15,37-38H,10,14H2,1-3H3/t15?,26-/m0/s1. The summed E-state index contributed by atoms with van der Waals surface area (Å²) in [5.41, 5.74) is -4.82. The molecule has 0 saturated heterocycles. The smallest absolute Gasteiger partial charge is 0.424 e. The lowest BCUT2D eigenvalue weighted by atomic mass is 9.93. The van der Waals surface area contributed by atoms with Gasteiger partial charge in [0.25, 0.3) is 0 Å². The van der Waals surface area contributed by atoms with E-state index >= 15 is 4.39 Å². The topological polar surface area (TPSA) is 103 Å². The highest BCUT2D eigenvalue weighted by molar-refractivity contribution is 5.63. The molecule has 2 aromatic carbocycles. The molecule has 40 heavy (non-hydrogen) atoms. The van der Waals surface area contributed by atoms with Gasteiger partial charge < -0.3 is 19.7 Å². The Morgan fingerprint density at radius 3 is 2.20 bits per heavy atom. The summed E-state index contributed by atoms with van der Waals surface area (Å²) >= 11 is 0. The summed E-state index contributed by atoms with van der Waals surface area (Å²) in [6, 6.07) is 9.80. The Kier molecular flexibility index (Phi) is 8.08. The van der Waals surface area contributed by atoms with Gasteiger partial charge in [-0.2, -0.15) is 13.2 Å². The molecule has 0 fully saturated rings. The largest absolute Gasteiger partial charge is 0.493 e. The lowest BCUT2D eigenvalue weighted by Crippen LogP contribution is -2.47. The number of hydrogen-bond donors (Lipinski definition) is 2. The lowest BCUT2D eigenvalue weighted by Gasteiger charge is -2.30. The van der Waals surface area contributed by atoms with Gasteiger partial charge in [0.2, 0.25) is 5.60 Å². The lowest BCUT2D eigenvalue weighted by molar-refractivity contribution is -0.274. The number of ether oxygens (including phenoxy) is 2. The third-order valence-corrected chi connectivity index (χ3v) is 6.17.